The molecule has 1 N–H and O–H groups in total. The van der Waals surface area contributed by atoms with Gasteiger partial charge in [0.1, 0.15) is 5.82 Å². The molecule has 158 valence electrons. The summed E-state index contributed by atoms with van der Waals surface area (Å²) in [6, 6.07) is 10.6. The SMILES string of the molecule is O=C(NC1CCC(c2ccc(F)cc2)C1)C(=O)N1CCC(Cc2cccnc2)CC1. The average molecular weight is 410 g/mol. The van der Waals surface area contributed by atoms with E-state index in [0.29, 0.717) is 24.9 Å². The number of pyridine rings is 1. The fraction of sp³-hybridized carbons (Fsp3) is 0.458. The molecule has 30 heavy (non-hydrogen) atoms. The van der Waals surface area contributed by atoms with Crippen LogP contribution in [0.1, 0.15) is 49.1 Å². The first-order chi connectivity index (χ1) is 14.6. The van der Waals surface area contributed by atoms with Crippen molar-refractivity contribution in [2.45, 2.75) is 50.5 Å². The lowest BCUT2D eigenvalue weighted by Gasteiger charge is -2.31. The van der Waals surface area contributed by atoms with Crippen molar-refractivity contribution >= 4 is 11.8 Å². The number of hydrogen-bond acceptors (Lipinski definition) is 3. The van der Waals surface area contributed by atoms with E-state index in [2.05, 4.69) is 16.4 Å². The topological polar surface area (TPSA) is 62.3 Å². The van der Waals surface area contributed by atoms with E-state index in [1.165, 1.54) is 17.7 Å². The summed E-state index contributed by atoms with van der Waals surface area (Å²) in [5.74, 6) is -0.330. The van der Waals surface area contributed by atoms with Gasteiger partial charge >= 0.3 is 11.8 Å². The summed E-state index contributed by atoms with van der Waals surface area (Å²) >= 11 is 0. The number of nitrogens with zero attached hydrogens (tertiary/aromatic N) is 2. The van der Waals surface area contributed by atoms with Gasteiger partial charge in [0.05, 0.1) is 0 Å². The Morgan fingerprint density at radius 2 is 1.83 bits per heavy atom. The molecule has 2 amide bonds. The Morgan fingerprint density at radius 3 is 2.53 bits per heavy atom. The molecule has 0 spiro atoms. The third-order valence-electron chi connectivity index (χ3n) is 6.45. The van der Waals surface area contributed by atoms with Gasteiger partial charge in [-0.1, -0.05) is 18.2 Å². The number of likely N-dealkylation sites (tertiary alicyclic amines) is 1. The lowest BCUT2D eigenvalue weighted by Crippen LogP contribution is -2.48. The second-order valence-electron chi connectivity index (χ2n) is 8.53. The molecule has 0 radical (unpaired) electrons. The molecule has 4 rings (SSSR count). The highest BCUT2D eigenvalue weighted by atomic mass is 19.1. The maximum atomic E-state index is 13.1. The molecule has 2 heterocycles. The Balaban J connectivity index is 1.22. The van der Waals surface area contributed by atoms with Gasteiger partial charge in [0.2, 0.25) is 0 Å². The molecule has 6 heteroatoms. The Hall–Kier alpha value is -2.76. The molecule has 2 unspecified atom stereocenters. The molecule has 1 aromatic heterocycles. The maximum absolute atomic E-state index is 13.1. The van der Waals surface area contributed by atoms with Crippen LogP contribution in [0.2, 0.25) is 0 Å². The van der Waals surface area contributed by atoms with Crippen molar-refractivity contribution in [3.63, 3.8) is 0 Å². The molecule has 1 aliphatic heterocycles. The Morgan fingerprint density at radius 1 is 1.07 bits per heavy atom. The van der Waals surface area contributed by atoms with Crippen LogP contribution >= 0.6 is 0 Å². The molecule has 1 saturated carbocycles. The lowest BCUT2D eigenvalue weighted by molar-refractivity contribution is -0.147. The first kappa shape index (κ1) is 20.5. The summed E-state index contributed by atoms with van der Waals surface area (Å²) in [6.45, 7) is 1.25. The second-order valence-corrected chi connectivity index (χ2v) is 8.53. The quantitative estimate of drug-likeness (QED) is 0.787. The summed E-state index contributed by atoms with van der Waals surface area (Å²) in [5.41, 5.74) is 2.31. The smallest absolute Gasteiger partial charge is 0.311 e. The van der Waals surface area contributed by atoms with E-state index in [1.807, 2.05) is 24.4 Å². The Kier molecular flexibility index (Phi) is 6.41. The van der Waals surface area contributed by atoms with E-state index in [1.54, 1.807) is 11.1 Å². The number of piperidine rings is 1. The molecule has 0 bridgehead atoms. The number of rotatable bonds is 4. The monoisotopic (exact) mass is 409 g/mol. The fourth-order valence-corrected chi connectivity index (χ4v) is 4.73. The van der Waals surface area contributed by atoms with Crippen molar-refractivity contribution in [1.29, 1.82) is 0 Å². The normalized spacial score (nSPS) is 22.1. The molecule has 1 saturated heterocycles. The molecule has 2 aliphatic rings. The van der Waals surface area contributed by atoms with Gasteiger partial charge in [-0.05, 0) is 79.7 Å². The summed E-state index contributed by atoms with van der Waals surface area (Å²) in [5, 5.41) is 2.93. The van der Waals surface area contributed by atoms with Crippen LogP contribution in [0.25, 0.3) is 0 Å². The van der Waals surface area contributed by atoms with E-state index in [4.69, 9.17) is 0 Å². The van der Waals surface area contributed by atoms with Crippen molar-refractivity contribution in [1.82, 2.24) is 15.2 Å². The predicted molar refractivity (Wildman–Crippen MR) is 112 cm³/mol. The van der Waals surface area contributed by atoms with Gasteiger partial charge < -0.3 is 10.2 Å². The summed E-state index contributed by atoms with van der Waals surface area (Å²) in [4.78, 5) is 30.9. The zero-order valence-corrected chi connectivity index (χ0v) is 17.1. The minimum Gasteiger partial charge on any atom is -0.345 e. The zero-order chi connectivity index (χ0) is 20.9. The molecule has 1 aliphatic carbocycles. The lowest BCUT2D eigenvalue weighted by atomic mass is 9.90. The third-order valence-corrected chi connectivity index (χ3v) is 6.45. The average Bonchev–Trinajstić information content (AvgIpc) is 3.23. The van der Waals surface area contributed by atoms with Crippen LogP contribution in [0.3, 0.4) is 0 Å². The molecule has 2 aromatic rings. The predicted octanol–water partition coefficient (Wildman–Crippen LogP) is 3.45. The van der Waals surface area contributed by atoms with Crippen LogP contribution in [0.15, 0.2) is 48.8 Å². The minimum atomic E-state index is -0.495. The fourth-order valence-electron chi connectivity index (χ4n) is 4.73. The molecule has 5 nitrogen and oxygen atoms in total. The largest absolute Gasteiger partial charge is 0.345 e. The Labute approximate surface area is 176 Å². The van der Waals surface area contributed by atoms with Gasteiger partial charge in [0.15, 0.2) is 0 Å². The number of benzene rings is 1. The van der Waals surface area contributed by atoms with Crippen LogP contribution in [0, 0.1) is 11.7 Å². The van der Waals surface area contributed by atoms with Gasteiger partial charge in [-0.2, -0.15) is 0 Å². The first-order valence-electron chi connectivity index (χ1n) is 10.8. The number of carbonyl (C=O) groups is 2. The zero-order valence-electron chi connectivity index (χ0n) is 17.1. The highest BCUT2D eigenvalue weighted by molar-refractivity contribution is 6.35. The van der Waals surface area contributed by atoms with Crippen molar-refractivity contribution in [2.24, 2.45) is 5.92 Å². The van der Waals surface area contributed by atoms with E-state index >= 15 is 0 Å². The van der Waals surface area contributed by atoms with Crippen LogP contribution in [-0.4, -0.2) is 40.8 Å². The molecule has 1 aromatic carbocycles. The molecule has 2 atom stereocenters. The number of amides is 2. The summed E-state index contributed by atoms with van der Waals surface area (Å²) in [6.07, 6.45) is 9.01. The highest BCUT2D eigenvalue weighted by Crippen LogP contribution is 2.34. The van der Waals surface area contributed by atoms with Crippen LogP contribution in [0.4, 0.5) is 4.39 Å². The van der Waals surface area contributed by atoms with Crippen molar-refractivity contribution in [2.75, 3.05) is 13.1 Å². The van der Waals surface area contributed by atoms with E-state index in [9.17, 15) is 14.0 Å². The summed E-state index contributed by atoms with van der Waals surface area (Å²) in [7, 11) is 0. The maximum Gasteiger partial charge on any atom is 0.311 e. The van der Waals surface area contributed by atoms with Gasteiger partial charge in [0.25, 0.3) is 0 Å². The van der Waals surface area contributed by atoms with E-state index in [0.717, 1.165) is 44.1 Å². The number of carbonyl (C=O) groups excluding carboxylic acids is 2. The molecular weight excluding hydrogens is 381 g/mol. The van der Waals surface area contributed by atoms with Gasteiger partial charge in [-0.3, -0.25) is 14.6 Å². The number of halogens is 1. The van der Waals surface area contributed by atoms with Gasteiger partial charge in [0, 0.05) is 31.5 Å². The van der Waals surface area contributed by atoms with Crippen LogP contribution in [0.5, 0.6) is 0 Å². The number of hydrogen-bond donors (Lipinski definition) is 1. The summed E-state index contributed by atoms with van der Waals surface area (Å²) < 4.78 is 13.1. The minimum absolute atomic E-state index is 0.000349. The standard InChI is InChI=1S/C24H28FN3O2/c25-21-6-3-19(4-7-21)20-5-8-22(15-20)27-23(29)24(30)28-12-9-17(10-13-28)14-18-2-1-11-26-16-18/h1-4,6-7,11,16-17,20,22H,5,8-10,12-15H2,(H,27,29). The highest BCUT2D eigenvalue weighted by Gasteiger charge is 2.31. The number of nitrogens with one attached hydrogen (secondary N) is 1. The molecule has 2 fully saturated rings. The van der Waals surface area contributed by atoms with E-state index in [-0.39, 0.29) is 11.9 Å². The number of aromatic nitrogens is 1. The van der Waals surface area contributed by atoms with Gasteiger partial charge in [-0.25, -0.2) is 4.39 Å². The Bertz CT molecular complexity index is 864. The van der Waals surface area contributed by atoms with Crippen molar-refractivity contribution in [3.05, 3.63) is 65.7 Å². The van der Waals surface area contributed by atoms with Crippen molar-refractivity contribution in [3.8, 4) is 0 Å². The van der Waals surface area contributed by atoms with Crippen molar-refractivity contribution < 1.29 is 14.0 Å². The van der Waals surface area contributed by atoms with Crippen LogP contribution in [-0.2, 0) is 16.0 Å². The van der Waals surface area contributed by atoms with E-state index < -0.39 is 11.8 Å². The first-order valence-corrected chi connectivity index (χ1v) is 10.8. The second kappa shape index (κ2) is 9.37. The third kappa shape index (κ3) is 5.04. The van der Waals surface area contributed by atoms with Gasteiger partial charge in [-0.15, -0.1) is 0 Å². The van der Waals surface area contributed by atoms with Crippen LogP contribution < -0.4 is 5.32 Å². The molecular formula is C24H28FN3O2.